The van der Waals surface area contributed by atoms with Gasteiger partial charge in [0, 0.05) is 21.9 Å². The Morgan fingerprint density at radius 1 is 0.580 bits per heavy atom. The minimum Gasteiger partial charge on any atom is -0.497 e. The number of nitrogens with zero attached hydrogens (tertiary/aromatic N) is 6. The van der Waals surface area contributed by atoms with E-state index >= 15 is 0 Å². The summed E-state index contributed by atoms with van der Waals surface area (Å²) in [4.78, 5) is 29.6. The Morgan fingerprint density at radius 3 is 1.44 bits per heavy atom. The number of rotatable bonds is 10. The summed E-state index contributed by atoms with van der Waals surface area (Å²) in [5.41, 5.74) is 5.43. The molecule has 0 fully saturated rings. The van der Waals surface area contributed by atoms with Gasteiger partial charge in [-0.05, 0) is 36.4 Å². The maximum absolute atomic E-state index is 10.5. The molecular weight excluding hydrogens is 677 g/mol. The number of fused-ring (bicyclic) bond motifs is 2. The minimum absolute atomic E-state index is 0.262. The Balaban J connectivity index is 0.000000157. The number of hydrogen-bond donors (Lipinski definition) is 0. The van der Waals surface area contributed by atoms with Crippen LogP contribution < -0.4 is 18.9 Å². The number of carbonyl (C=O) groups is 2. The van der Waals surface area contributed by atoms with E-state index in [1.54, 1.807) is 34.3 Å². The number of carbonyl (C=O) groups excluding carboxylic acids is 2. The molecule has 4 heterocycles. The Morgan fingerprint density at radius 2 is 1.02 bits per heavy atom. The van der Waals surface area contributed by atoms with Crippen molar-refractivity contribution in [2.24, 2.45) is 0 Å². The van der Waals surface area contributed by atoms with E-state index in [0.717, 1.165) is 55.8 Å². The summed E-state index contributed by atoms with van der Waals surface area (Å²) in [6.45, 7) is 0.726. The number of methoxy groups -OCH3 is 2. The standard InChI is InChI=1S/2C18H13N3O3S/c2*1-23-13-6-4-5-12(9-13)17-14-7-2-3-8-15(14)21(20-17)18-19-16(10-25-18)24-11-22/h2*2-11H,1H3. The SMILES string of the molecule is COc1cccc(-c2nn(-c3nc(OC=O)cs3)c3ccccc23)c1.COc1cccc(-c2nn(-c3nc(OC=O)cs3)c3ccccc23)c1. The van der Waals surface area contributed by atoms with Crippen LogP contribution in [-0.4, -0.2) is 56.7 Å². The van der Waals surface area contributed by atoms with Crippen molar-refractivity contribution < 1.29 is 28.5 Å². The zero-order chi connectivity index (χ0) is 34.5. The molecule has 0 aliphatic rings. The maximum atomic E-state index is 10.5. The van der Waals surface area contributed by atoms with Gasteiger partial charge in [0.25, 0.3) is 12.9 Å². The van der Waals surface area contributed by atoms with Crippen LogP contribution in [0.15, 0.2) is 108 Å². The molecule has 0 atom stereocenters. The summed E-state index contributed by atoms with van der Waals surface area (Å²) >= 11 is 2.71. The lowest BCUT2D eigenvalue weighted by atomic mass is 10.1. The van der Waals surface area contributed by atoms with Gasteiger partial charge in [0.2, 0.25) is 22.0 Å². The normalized spacial score (nSPS) is 10.8. The summed E-state index contributed by atoms with van der Waals surface area (Å²) < 4.78 is 23.7. The van der Waals surface area contributed by atoms with Crippen molar-refractivity contribution in [1.29, 1.82) is 0 Å². The van der Waals surface area contributed by atoms with E-state index < -0.39 is 0 Å². The van der Waals surface area contributed by atoms with Gasteiger partial charge in [-0.1, -0.05) is 83.3 Å². The molecule has 4 aromatic heterocycles. The molecule has 0 amide bonds. The summed E-state index contributed by atoms with van der Waals surface area (Å²) in [6, 6.07) is 31.4. The van der Waals surface area contributed by atoms with Gasteiger partial charge in [0.05, 0.1) is 36.0 Å². The Bertz CT molecular complexity index is 2280. The third-order valence-corrected chi connectivity index (χ3v) is 9.09. The maximum Gasteiger partial charge on any atom is 0.299 e. The van der Waals surface area contributed by atoms with Crippen molar-refractivity contribution in [3.05, 3.63) is 108 Å². The molecule has 0 radical (unpaired) electrons. The minimum atomic E-state index is 0.262. The highest BCUT2D eigenvalue weighted by Crippen LogP contribution is 2.34. The molecule has 0 aliphatic heterocycles. The smallest absolute Gasteiger partial charge is 0.299 e. The summed E-state index contributed by atoms with van der Waals surface area (Å²) in [6.07, 6.45) is 0. The van der Waals surface area contributed by atoms with Crippen LogP contribution >= 0.6 is 22.7 Å². The number of thiazole rings is 2. The molecule has 50 heavy (non-hydrogen) atoms. The van der Waals surface area contributed by atoms with Crippen molar-refractivity contribution in [3.63, 3.8) is 0 Å². The second kappa shape index (κ2) is 14.4. The monoisotopic (exact) mass is 702 g/mol. The zero-order valence-corrected chi connectivity index (χ0v) is 28.1. The van der Waals surface area contributed by atoms with Crippen LogP contribution in [-0.2, 0) is 9.59 Å². The van der Waals surface area contributed by atoms with Crippen molar-refractivity contribution in [1.82, 2.24) is 29.5 Å². The van der Waals surface area contributed by atoms with E-state index in [-0.39, 0.29) is 11.8 Å². The average molecular weight is 703 g/mol. The first-order valence-electron chi connectivity index (χ1n) is 15.0. The fourth-order valence-corrected chi connectivity index (χ4v) is 6.69. The second-order valence-electron chi connectivity index (χ2n) is 10.4. The van der Waals surface area contributed by atoms with E-state index in [2.05, 4.69) is 9.97 Å². The molecule has 0 N–H and O–H groups in total. The first kappa shape index (κ1) is 32.2. The van der Waals surface area contributed by atoms with E-state index in [4.69, 9.17) is 29.1 Å². The predicted molar refractivity (Wildman–Crippen MR) is 191 cm³/mol. The molecule has 0 bridgehead atoms. The lowest BCUT2D eigenvalue weighted by Gasteiger charge is -2.02. The van der Waals surface area contributed by atoms with Crippen molar-refractivity contribution >= 4 is 57.4 Å². The first-order valence-corrected chi connectivity index (χ1v) is 16.7. The molecule has 14 heteroatoms. The van der Waals surface area contributed by atoms with Crippen molar-refractivity contribution in [2.45, 2.75) is 0 Å². The number of benzene rings is 4. The lowest BCUT2D eigenvalue weighted by molar-refractivity contribution is -0.121. The molecule has 4 aromatic carbocycles. The van der Waals surface area contributed by atoms with Gasteiger partial charge >= 0.3 is 0 Å². The van der Waals surface area contributed by atoms with Gasteiger partial charge in [-0.3, -0.25) is 9.59 Å². The molecule has 0 unspecified atom stereocenters. The van der Waals surface area contributed by atoms with Crippen LogP contribution in [0.2, 0.25) is 0 Å². The third kappa shape index (κ3) is 6.40. The van der Waals surface area contributed by atoms with Crippen molar-refractivity contribution in [2.75, 3.05) is 14.2 Å². The highest BCUT2D eigenvalue weighted by Gasteiger charge is 2.18. The Hall–Kier alpha value is -6.38. The molecule has 248 valence electrons. The van der Waals surface area contributed by atoms with Crippen LogP contribution in [0.4, 0.5) is 0 Å². The van der Waals surface area contributed by atoms with Gasteiger partial charge in [-0.25, -0.2) is 9.36 Å². The van der Waals surface area contributed by atoms with Gasteiger partial charge in [0.1, 0.15) is 22.9 Å². The Kier molecular flexibility index (Phi) is 9.26. The number of para-hydroxylation sites is 2. The molecule has 8 aromatic rings. The molecule has 0 aliphatic carbocycles. The summed E-state index contributed by atoms with van der Waals surface area (Å²) in [5.74, 6) is 2.06. The van der Waals surface area contributed by atoms with Crippen LogP contribution in [0.25, 0.3) is 54.6 Å². The van der Waals surface area contributed by atoms with E-state index in [1.807, 2.05) is 97.1 Å². The van der Waals surface area contributed by atoms with Gasteiger partial charge in [-0.2, -0.15) is 20.2 Å². The summed E-state index contributed by atoms with van der Waals surface area (Å²) in [7, 11) is 3.28. The molecular formula is C36H26N6O6S2. The first-order chi connectivity index (χ1) is 24.6. The van der Waals surface area contributed by atoms with Crippen LogP contribution in [0.3, 0.4) is 0 Å². The van der Waals surface area contributed by atoms with Gasteiger partial charge in [-0.15, -0.1) is 0 Å². The van der Waals surface area contributed by atoms with Gasteiger partial charge < -0.3 is 18.9 Å². The van der Waals surface area contributed by atoms with E-state index in [9.17, 15) is 9.59 Å². The molecule has 0 saturated heterocycles. The fourth-order valence-electron chi connectivity index (χ4n) is 5.29. The lowest BCUT2D eigenvalue weighted by Crippen LogP contribution is -1.96. The van der Waals surface area contributed by atoms with Crippen LogP contribution in [0, 0.1) is 0 Å². The van der Waals surface area contributed by atoms with Crippen LogP contribution in [0.1, 0.15) is 0 Å². The quantitative estimate of drug-likeness (QED) is 0.133. The number of aromatic nitrogens is 6. The van der Waals surface area contributed by atoms with E-state index in [1.165, 1.54) is 22.7 Å². The average Bonchev–Trinajstić information content (AvgIpc) is 3.97. The Labute approximate surface area is 292 Å². The summed E-state index contributed by atoms with van der Waals surface area (Å²) in [5, 5.41) is 16.1. The molecule has 0 saturated carbocycles. The van der Waals surface area contributed by atoms with E-state index in [0.29, 0.717) is 23.2 Å². The topological polar surface area (TPSA) is 132 Å². The van der Waals surface area contributed by atoms with Gasteiger partial charge in [0.15, 0.2) is 0 Å². The number of hydrogen-bond acceptors (Lipinski definition) is 12. The van der Waals surface area contributed by atoms with Crippen LogP contribution in [0.5, 0.6) is 23.3 Å². The fraction of sp³-hybridized carbons (Fsp3) is 0.0556. The van der Waals surface area contributed by atoms with Crippen molar-refractivity contribution in [3.8, 4) is 56.0 Å². The molecule has 8 rings (SSSR count). The predicted octanol–water partition coefficient (Wildman–Crippen LogP) is 7.39. The number of ether oxygens (including phenoxy) is 4. The molecule has 0 spiro atoms. The largest absolute Gasteiger partial charge is 0.497 e. The zero-order valence-electron chi connectivity index (χ0n) is 26.5. The second-order valence-corrected chi connectivity index (χ2v) is 12.1. The third-order valence-electron chi connectivity index (χ3n) is 7.50. The molecule has 12 nitrogen and oxygen atoms in total. The highest BCUT2D eigenvalue weighted by molar-refractivity contribution is 7.12. The highest BCUT2D eigenvalue weighted by atomic mass is 32.1.